The highest BCUT2D eigenvalue weighted by atomic mass is 19.3. The number of nitrogens with zero attached hydrogens (tertiary/aromatic N) is 1. The number of aromatic nitrogens is 1. The van der Waals surface area contributed by atoms with Crippen LogP contribution in [-0.4, -0.2) is 29.3 Å². The highest BCUT2D eigenvalue weighted by Crippen LogP contribution is 2.18. The van der Waals surface area contributed by atoms with Gasteiger partial charge in [0.15, 0.2) is 0 Å². The number of pyridine rings is 1. The van der Waals surface area contributed by atoms with Crippen molar-refractivity contribution in [1.82, 2.24) is 10.3 Å². The third kappa shape index (κ3) is 5.17. The van der Waals surface area contributed by atoms with E-state index in [0.717, 1.165) is 5.56 Å². The molecule has 0 aliphatic carbocycles. The van der Waals surface area contributed by atoms with E-state index in [0.29, 0.717) is 11.3 Å². The number of anilines is 1. The van der Waals surface area contributed by atoms with E-state index >= 15 is 0 Å². The third-order valence-corrected chi connectivity index (χ3v) is 3.13. The van der Waals surface area contributed by atoms with Gasteiger partial charge in [-0.05, 0) is 36.2 Å². The minimum atomic E-state index is -3.00. The lowest BCUT2D eigenvalue weighted by atomic mass is 10.1. The van der Waals surface area contributed by atoms with Crippen molar-refractivity contribution >= 4 is 11.7 Å². The van der Waals surface area contributed by atoms with Crippen molar-refractivity contribution in [3.8, 4) is 5.88 Å². The monoisotopic (exact) mass is 337 g/mol. The zero-order valence-electron chi connectivity index (χ0n) is 12.9. The maximum Gasteiger partial charge on any atom is 0.388 e. The average Bonchev–Trinajstić information content (AvgIpc) is 2.52. The number of aliphatic hydroxyl groups is 1. The van der Waals surface area contributed by atoms with Crippen LogP contribution in [0.4, 0.5) is 19.3 Å². The first-order valence-electron chi connectivity index (χ1n) is 7.13. The van der Waals surface area contributed by atoms with E-state index in [2.05, 4.69) is 20.4 Å². The second kappa shape index (κ2) is 8.21. The predicted octanol–water partition coefficient (Wildman–Crippen LogP) is 2.85. The number of carbonyl (C=O) groups excluding carboxylic acids is 1. The average molecular weight is 337 g/mol. The van der Waals surface area contributed by atoms with Crippen LogP contribution in [0.1, 0.15) is 17.2 Å². The summed E-state index contributed by atoms with van der Waals surface area (Å²) < 4.78 is 28.7. The van der Waals surface area contributed by atoms with Crippen LogP contribution in [0.25, 0.3) is 0 Å². The highest BCUT2D eigenvalue weighted by Gasteiger charge is 2.16. The molecule has 0 saturated heterocycles. The fourth-order valence-electron chi connectivity index (χ4n) is 2.08. The second-order valence-electron chi connectivity index (χ2n) is 5.01. The van der Waals surface area contributed by atoms with Gasteiger partial charge in [-0.3, -0.25) is 0 Å². The van der Waals surface area contributed by atoms with E-state index in [1.165, 1.54) is 18.3 Å². The molecule has 0 radical (unpaired) electrons. The number of rotatable bonds is 6. The molecule has 6 nitrogen and oxygen atoms in total. The third-order valence-electron chi connectivity index (χ3n) is 3.13. The molecule has 1 atom stereocenters. The number of nitrogens with one attached hydrogen (secondary N) is 2. The van der Waals surface area contributed by atoms with Crippen molar-refractivity contribution in [3.63, 3.8) is 0 Å². The molecule has 2 aromatic rings. The molecule has 0 bridgehead atoms. The maximum atomic E-state index is 12.2. The van der Waals surface area contributed by atoms with Crippen LogP contribution in [0.3, 0.4) is 0 Å². The first kappa shape index (κ1) is 17.6. The Labute approximate surface area is 137 Å². The quantitative estimate of drug-likeness (QED) is 0.757. The number of amides is 2. The standard InChI is InChI=1S/C16H17F2N3O3/c1-10-3-2-4-12(7-10)20-16(23)21-13(9-22)11-5-6-19-14(8-11)24-15(17)18/h2-8,13,15,22H,9H2,1H3,(H2,20,21,23). The van der Waals surface area contributed by atoms with Gasteiger partial charge < -0.3 is 20.5 Å². The van der Waals surface area contributed by atoms with Crippen molar-refractivity contribution in [2.45, 2.75) is 19.6 Å². The molecular formula is C16H17F2N3O3. The summed E-state index contributed by atoms with van der Waals surface area (Å²) in [4.78, 5) is 15.7. The van der Waals surface area contributed by atoms with Gasteiger partial charge in [-0.25, -0.2) is 9.78 Å². The zero-order valence-corrected chi connectivity index (χ0v) is 12.9. The fraction of sp³-hybridized carbons (Fsp3) is 0.250. The van der Waals surface area contributed by atoms with E-state index in [9.17, 15) is 18.7 Å². The highest BCUT2D eigenvalue weighted by molar-refractivity contribution is 5.89. The van der Waals surface area contributed by atoms with E-state index in [1.54, 1.807) is 18.2 Å². The molecule has 1 unspecified atom stereocenters. The SMILES string of the molecule is Cc1cccc(NC(=O)NC(CO)c2ccnc(OC(F)F)c2)c1. The van der Waals surface area contributed by atoms with Gasteiger partial charge in [-0.15, -0.1) is 0 Å². The summed E-state index contributed by atoms with van der Waals surface area (Å²) in [5.74, 6) is -0.290. The van der Waals surface area contributed by atoms with Crippen molar-refractivity contribution in [2.75, 3.05) is 11.9 Å². The number of carbonyl (C=O) groups is 1. The van der Waals surface area contributed by atoms with Gasteiger partial charge in [0.2, 0.25) is 5.88 Å². The van der Waals surface area contributed by atoms with Crippen LogP contribution in [0.2, 0.25) is 0 Å². The number of urea groups is 1. The Hall–Kier alpha value is -2.74. The Balaban J connectivity index is 2.04. The van der Waals surface area contributed by atoms with Gasteiger partial charge in [0.25, 0.3) is 0 Å². The molecule has 24 heavy (non-hydrogen) atoms. The Morgan fingerprint density at radius 1 is 1.33 bits per heavy atom. The van der Waals surface area contributed by atoms with Crippen LogP contribution < -0.4 is 15.4 Å². The summed E-state index contributed by atoms with van der Waals surface area (Å²) >= 11 is 0. The number of aliphatic hydroxyl groups excluding tert-OH is 1. The van der Waals surface area contributed by atoms with Crippen LogP contribution in [-0.2, 0) is 0 Å². The van der Waals surface area contributed by atoms with Crippen molar-refractivity contribution in [1.29, 1.82) is 0 Å². The topological polar surface area (TPSA) is 83.5 Å². The predicted molar refractivity (Wildman–Crippen MR) is 84.0 cm³/mol. The van der Waals surface area contributed by atoms with E-state index in [1.807, 2.05) is 13.0 Å². The fourth-order valence-corrected chi connectivity index (χ4v) is 2.08. The minimum absolute atomic E-state index is 0.290. The molecular weight excluding hydrogens is 320 g/mol. The number of alkyl halides is 2. The number of halogens is 2. The number of hydrogen-bond donors (Lipinski definition) is 3. The normalized spacial score (nSPS) is 11.9. The van der Waals surface area contributed by atoms with Gasteiger partial charge in [0.05, 0.1) is 12.6 Å². The van der Waals surface area contributed by atoms with Gasteiger partial charge in [-0.1, -0.05) is 12.1 Å². The van der Waals surface area contributed by atoms with Gasteiger partial charge >= 0.3 is 12.6 Å². The van der Waals surface area contributed by atoms with Gasteiger partial charge in [0.1, 0.15) is 0 Å². The van der Waals surface area contributed by atoms with Gasteiger partial charge in [0, 0.05) is 18.0 Å². The first-order valence-corrected chi connectivity index (χ1v) is 7.13. The van der Waals surface area contributed by atoms with Crippen molar-refractivity contribution in [3.05, 3.63) is 53.7 Å². The number of hydrogen-bond acceptors (Lipinski definition) is 4. The molecule has 2 rings (SSSR count). The molecule has 0 saturated carbocycles. The van der Waals surface area contributed by atoms with Gasteiger partial charge in [-0.2, -0.15) is 8.78 Å². The molecule has 0 aliphatic rings. The second-order valence-corrected chi connectivity index (χ2v) is 5.01. The van der Waals surface area contributed by atoms with Crippen molar-refractivity contribution in [2.24, 2.45) is 0 Å². The summed E-state index contributed by atoms with van der Waals surface area (Å²) in [6, 6.07) is 8.60. The van der Waals surface area contributed by atoms with Crippen LogP contribution >= 0.6 is 0 Å². The van der Waals surface area contributed by atoms with Crippen LogP contribution in [0.5, 0.6) is 5.88 Å². The Bertz CT molecular complexity index is 698. The van der Waals surface area contributed by atoms with E-state index in [4.69, 9.17) is 0 Å². The number of benzene rings is 1. The molecule has 1 aromatic carbocycles. The molecule has 2 amide bonds. The summed E-state index contributed by atoms with van der Waals surface area (Å²) in [7, 11) is 0. The zero-order chi connectivity index (χ0) is 17.5. The maximum absolute atomic E-state index is 12.2. The Morgan fingerprint density at radius 2 is 2.12 bits per heavy atom. The molecule has 1 aromatic heterocycles. The minimum Gasteiger partial charge on any atom is -0.417 e. The molecule has 128 valence electrons. The molecule has 1 heterocycles. The molecule has 8 heteroatoms. The lowest BCUT2D eigenvalue weighted by molar-refractivity contribution is -0.0529. The Morgan fingerprint density at radius 3 is 2.79 bits per heavy atom. The molecule has 0 aliphatic heterocycles. The van der Waals surface area contributed by atoms with Crippen LogP contribution in [0.15, 0.2) is 42.6 Å². The largest absolute Gasteiger partial charge is 0.417 e. The Kier molecular flexibility index (Phi) is 6.02. The summed E-state index contributed by atoms with van der Waals surface area (Å²) in [6.45, 7) is -1.53. The first-order chi connectivity index (χ1) is 11.5. The summed E-state index contributed by atoms with van der Waals surface area (Å²) in [5, 5.41) is 14.7. The molecule has 3 N–H and O–H groups in total. The summed E-state index contributed by atoms with van der Waals surface area (Å²) in [5.41, 5.74) is 1.97. The number of ether oxygens (including phenoxy) is 1. The van der Waals surface area contributed by atoms with E-state index in [-0.39, 0.29) is 5.88 Å². The molecule has 0 spiro atoms. The van der Waals surface area contributed by atoms with E-state index < -0.39 is 25.3 Å². The molecule has 0 fully saturated rings. The summed E-state index contributed by atoms with van der Waals surface area (Å²) in [6.07, 6.45) is 1.26. The van der Waals surface area contributed by atoms with Crippen LogP contribution in [0, 0.1) is 6.92 Å². The lowest BCUT2D eigenvalue weighted by Gasteiger charge is -2.18. The lowest BCUT2D eigenvalue weighted by Crippen LogP contribution is -2.34. The number of aryl methyl sites for hydroxylation is 1. The van der Waals surface area contributed by atoms with Crippen molar-refractivity contribution < 1.29 is 23.4 Å². The smallest absolute Gasteiger partial charge is 0.388 e.